The molecule has 110 valence electrons. The van der Waals surface area contributed by atoms with E-state index in [2.05, 4.69) is 5.32 Å². The largest absolute Gasteiger partial charge is 0.480 e. The molecule has 2 N–H and O–H groups in total. The quantitative estimate of drug-likeness (QED) is 0.771. The summed E-state index contributed by atoms with van der Waals surface area (Å²) in [5, 5.41) is 11.9. The first-order valence-electron chi connectivity index (χ1n) is 6.37. The Morgan fingerprint density at radius 1 is 1.42 bits per heavy atom. The molecule has 0 radical (unpaired) electrons. The highest BCUT2D eigenvalue weighted by Crippen LogP contribution is 2.32. The molecule has 0 bridgehead atoms. The molecule has 1 aliphatic rings. The molecule has 1 aliphatic carbocycles. The smallest absolute Gasteiger partial charge is 0.329 e. The van der Waals surface area contributed by atoms with E-state index in [0.29, 0.717) is 12.8 Å². The van der Waals surface area contributed by atoms with Crippen molar-refractivity contribution in [3.05, 3.63) is 0 Å². The summed E-state index contributed by atoms with van der Waals surface area (Å²) in [5.41, 5.74) is -1.23. The zero-order valence-corrected chi connectivity index (χ0v) is 12.1. The van der Waals surface area contributed by atoms with Gasteiger partial charge in [0.1, 0.15) is 15.4 Å². The standard InChI is InChI=1S/C12H21NO5S/c1-9-4-3-6-12(8-9,11(15)16)13-10(14)5-7-19(2,17)18/h9H,3-8H2,1-2H3,(H,13,14)(H,15,16). The highest BCUT2D eigenvalue weighted by Gasteiger charge is 2.43. The number of carbonyl (C=O) groups excluding carboxylic acids is 1. The summed E-state index contributed by atoms with van der Waals surface area (Å²) in [6.45, 7) is 1.96. The van der Waals surface area contributed by atoms with E-state index in [9.17, 15) is 23.1 Å². The minimum absolute atomic E-state index is 0.192. The molecular formula is C12H21NO5S. The Morgan fingerprint density at radius 3 is 2.53 bits per heavy atom. The van der Waals surface area contributed by atoms with Crippen LogP contribution in [-0.4, -0.2) is 42.9 Å². The molecule has 0 aliphatic heterocycles. The van der Waals surface area contributed by atoms with Gasteiger partial charge in [-0.15, -0.1) is 0 Å². The van der Waals surface area contributed by atoms with Crippen molar-refractivity contribution in [2.24, 2.45) is 5.92 Å². The molecule has 2 atom stereocenters. The zero-order chi connectivity index (χ0) is 14.7. The van der Waals surface area contributed by atoms with Crippen LogP contribution in [0.3, 0.4) is 0 Å². The van der Waals surface area contributed by atoms with Crippen molar-refractivity contribution < 1.29 is 23.1 Å². The van der Waals surface area contributed by atoms with E-state index in [1.165, 1.54) is 0 Å². The molecule has 0 heterocycles. The van der Waals surface area contributed by atoms with Crippen LogP contribution in [0.2, 0.25) is 0 Å². The van der Waals surface area contributed by atoms with Gasteiger partial charge in [0.2, 0.25) is 5.91 Å². The summed E-state index contributed by atoms with van der Waals surface area (Å²) in [4.78, 5) is 23.2. The molecule has 1 rings (SSSR count). The van der Waals surface area contributed by atoms with Crippen LogP contribution in [0.15, 0.2) is 0 Å². The van der Waals surface area contributed by atoms with E-state index in [1.807, 2.05) is 6.92 Å². The van der Waals surface area contributed by atoms with E-state index >= 15 is 0 Å². The molecule has 0 aromatic heterocycles. The van der Waals surface area contributed by atoms with E-state index < -0.39 is 27.3 Å². The maximum atomic E-state index is 11.7. The normalized spacial score (nSPS) is 27.8. The molecule has 2 unspecified atom stereocenters. The topological polar surface area (TPSA) is 101 Å². The van der Waals surface area contributed by atoms with Gasteiger partial charge in [-0.25, -0.2) is 13.2 Å². The molecule has 0 spiro atoms. The predicted molar refractivity (Wildman–Crippen MR) is 70.5 cm³/mol. The van der Waals surface area contributed by atoms with Crippen molar-refractivity contribution in [2.75, 3.05) is 12.0 Å². The van der Waals surface area contributed by atoms with Crippen LogP contribution in [0.5, 0.6) is 0 Å². The number of sulfone groups is 1. The monoisotopic (exact) mass is 291 g/mol. The van der Waals surface area contributed by atoms with Gasteiger partial charge in [-0.1, -0.05) is 19.8 Å². The van der Waals surface area contributed by atoms with Gasteiger partial charge in [0.05, 0.1) is 5.75 Å². The minimum atomic E-state index is -3.22. The Labute approximate surface area is 113 Å². The molecule has 6 nitrogen and oxygen atoms in total. The fraction of sp³-hybridized carbons (Fsp3) is 0.833. The lowest BCUT2D eigenvalue weighted by Gasteiger charge is -2.37. The second-order valence-electron chi connectivity index (χ2n) is 5.52. The summed E-state index contributed by atoms with van der Waals surface area (Å²) in [5.74, 6) is -1.57. The molecule has 7 heteroatoms. The van der Waals surface area contributed by atoms with Crippen molar-refractivity contribution in [3.8, 4) is 0 Å². The highest BCUT2D eigenvalue weighted by molar-refractivity contribution is 7.90. The van der Waals surface area contributed by atoms with Gasteiger partial charge in [-0.3, -0.25) is 4.79 Å². The summed E-state index contributed by atoms with van der Waals surface area (Å²) in [6.07, 6.45) is 3.36. The van der Waals surface area contributed by atoms with Crippen LogP contribution >= 0.6 is 0 Å². The van der Waals surface area contributed by atoms with Gasteiger partial charge in [0, 0.05) is 12.7 Å². The molecule has 1 amide bonds. The number of amides is 1. The number of nitrogens with one attached hydrogen (secondary N) is 1. The molecule has 0 aromatic carbocycles. The second kappa shape index (κ2) is 5.90. The highest BCUT2D eigenvalue weighted by atomic mass is 32.2. The molecule has 0 saturated heterocycles. The average molecular weight is 291 g/mol. The maximum absolute atomic E-state index is 11.7. The van der Waals surface area contributed by atoms with Crippen LogP contribution in [0, 0.1) is 5.92 Å². The fourth-order valence-corrected chi connectivity index (χ4v) is 3.08. The third kappa shape index (κ3) is 4.81. The lowest BCUT2D eigenvalue weighted by atomic mass is 9.76. The van der Waals surface area contributed by atoms with Gasteiger partial charge in [0.15, 0.2) is 0 Å². The first-order valence-corrected chi connectivity index (χ1v) is 8.43. The third-order valence-corrected chi connectivity index (χ3v) is 4.43. The first-order chi connectivity index (χ1) is 8.65. The number of carboxylic acids is 1. The van der Waals surface area contributed by atoms with E-state index in [0.717, 1.165) is 19.1 Å². The van der Waals surface area contributed by atoms with E-state index in [-0.39, 0.29) is 18.1 Å². The SMILES string of the molecule is CC1CCCC(NC(=O)CCS(C)(=O)=O)(C(=O)O)C1. The number of hydrogen-bond acceptors (Lipinski definition) is 4. The minimum Gasteiger partial charge on any atom is -0.480 e. The number of hydrogen-bond donors (Lipinski definition) is 2. The summed E-state index contributed by atoms with van der Waals surface area (Å²) >= 11 is 0. The van der Waals surface area contributed by atoms with Crippen LogP contribution in [0.4, 0.5) is 0 Å². The molecule has 1 fully saturated rings. The van der Waals surface area contributed by atoms with E-state index in [1.54, 1.807) is 0 Å². The Morgan fingerprint density at radius 2 is 2.05 bits per heavy atom. The summed E-state index contributed by atoms with van der Waals surface area (Å²) in [7, 11) is -3.22. The molecular weight excluding hydrogens is 270 g/mol. The fourth-order valence-electron chi connectivity index (χ4n) is 2.52. The van der Waals surface area contributed by atoms with Crippen molar-refractivity contribution in [1.82, 2.24) is 5.32 Å². The number of carboxylic acid groups (broad SMARTS) is 1. The van der Waals surface area contributed by atoms with Crippen molar-refractivity contribution in [2.45, 2.75) is 44.6 Å². The lowest BCUT2D eigenvalue weighted by Crippen LogP contribution is -2.57. The predicted octanol–water partition coefficient (Wildman–Crippen LogP) is 0.571. The van der Waals surface area contributed by atoms with Gasteiger partial charge in [-0.2, -0.15) is 0 Å². The number of rotatable bonds is 5. The Bertz CT molecular complexity index is 459. The Kier molecular flexibility index (Phi) is 4.95. The van der Waals surface area contributed by atoms with Gasteiger partial charge < -0.3 is 10.4 Å². The summed E-state index contributed by atoms with van der Waals surface area (Å²) in [6, 6.07) is 0. The van der Waals surface area contributed by atoms with Crippen molar-refractivity contribution >= 4 is 21.7 Å². The van der Waals surface area contributed by atoms with E-state index in [4.69, 9.17) is 0 Å². The maximum Gasteiger partial charge on any atom is 0.329 e. The first kappa shape index (κ1) is 15.9. The number of aliphatic carboxylic acids is 1. The molecule has 0 aromatic rings. The summed E-state index contributed by atoms with van der Waals surface area (Å²) < 4.78 is 22.0. The molecule has 19 heavy (non-hydrogen) atoms. The van der Waals surface area contributed by atoms with Gasteiger partial charge in [-0.05, 0) is 18.8 Å². The van der Waals surface area contributed by atoms with Gasteiger partial charge >= 0.3 is 5.97 Å². The Hall–Kier alpha value is -1.11. The second-order valence-corrected chi connectivity index (χ2v) is 7.78. The molecule has 1 saturated carbocycles. The van der Waals surface area contributed by atoms with Gasteiger partial charge in [0.25, 0.3) is 0 Å². The number of carbonyl (C=O) groups is 2. The van der Waals surface area contributed by atoms with Crippen LogP contribution in [0.1, 0.15) is 39.0 Å². The van der Waals surface area contributed by atoms with Crippen LogP contribution in [-0.2, 0) is 19.4 Å². The Balaban J connectivity index is 2.69. The zero-order valence-electron chi connectivity index (χ0n) is 11.3. The van der Waals surface area contributed by atoms with Crippen LogP contribution < -0.4 is 5.32 Å². The average Bonchev–Trinajstić information content (AvgIpc) is 2.25. The third-order valence-electron chi connectivity index (χ3n) is 3.49. The van der Waals surface area contributed by atoms with Crippen LogP contribution in [0.25, 0.3) is 0 Å². The lowest BCUT2D eigenvalue weighted by molar-refractivity contribution is -0.150. The van der Waals surface area contributed by atoms with Crippen molar-refractivity contribution in [3.63, 3.8) is 0 Å². The van der Waals surface area contributed by atoms with Crippen molar-refractivity contribution in [1.29, 1.82) is 0 Å².